The van der Waals surface area contributed by atoms with Gasteiger partial charge in [-0.1, -0.05) is 40.5 Å². The van der Waals surface area contributed by atoms with Gasteiger partial charge < -0.3 is 20.7 Å². The molecule has 132 valence electrons. The van der Waals surface area contributed by atoms with E-state index in [4.69, 9.17) is 5.73 Å². The molecule has 23 heavy (non-hydrogen) atoms. The predicted molar refractivity (Wildman–Crippen MR) is 89.7 cm³/mol. The number of carbonyl (C=O) groups is 3. The van der Waals surface area contributed by atoms with Gasteiger partial charge in [0.2, 0.25) is 11.8 Å². The van der Waals surface area contributed by atoms with Crippen LogP contribution in [-0.2, 0) is 14.4 Å². The molecule has 0 saturated carbocycles. The van der Waals surface area contributed by atoms with Crippen LogP contribution in [0.3, 0.4) is 0 Å². The molecule has 1 fully saturated rings. The van der Waals surface area contributed by atoms with E-state index in [0.29, 0.717) is 19.4 Å². The van der Waals surface area contributed by atoms with Crippen LogP contribution in [0.15, 0.2) is 0 Å². The van der Waals surface area contributed by atoms with Gasteiger partial charge in [-0.3, -0.25) is 9.59 Å². The Labute approximate surface area is 139 Å². The molecule has 0 radical (unpaired) electrons. The maximum absolute atomic E-state index is 12.6. The second-order valence-corrected chi connectivity index (χ2v) is 7.43. The van der Waals surface area contributed by atoms with Crippen LogP contribution in [0.4, 0.5) is 0 Å². The lowest BCUT2D eigenvalue weighted by atomic mass is 9.86. The summed E-state index contributed by atoms with van der Waals surface area (Å²) in [4.78, 5) is 37.7. The van der Waals surface area contributed by atoms with E-state index in [2.05, 4.69) is 5.32 Å². The van der Waals surface area contributed by atoms with Gasteiger partial charge in [0.15, 0.2) is 0 Å². The van der Waals surface area contributed by atoms with Gasteiger partial charge in [-0.05, 0) is 24.7 Å². The monoisotopic (exact) mass is 325 g/mol. The number of nitrogens with zero attached hydrogens (tertiary/aromatic N) is 1. The number of rotatable bonds is 7. The van der Waals surface area contributed by atoms with Crippen molar-refractivity contribution in [3.05, 3.63) is 0 Å². The van der Waals surface area contributed by atoms with Crippen molar-refractivity contribution in [2.45, 2.75) is 77.9 Å². The molecule has 0 bridgehead atoms. The standard InChI is InChI=1S/C17H31N3O3/c1-5-6-8-12(11-21)19-15(22)13-9-7-10-20(13)16(23)14(18)17(2,3)4/h11-14H,5-10,18H2,1-4H3,(H,19,22)/t12?,13-,14+/m0/s1. The second kappa shape index (κ2) is 8.43. The zero-order chi connectivity index (χ0) is 17.6. The Kier molecular flexibility index (Phi) is 7.19. The molecule has 1 aliphatic heterocycles. The number of hydrogen-bond acceptors (Lipinski definition) is 4. The maximum Gasteiger partial charge on any atom is 0.243 e. The predicted octanol–water partition coefficient (Wildman–Crippen LogP) is 1.22. The molecular weight excluding hydrogens is 294 g/mol. The van der Waals surface area contributed by atoms with Crippen molar-refractivity contribution in [3.63, 3.8) is 0 Å². The average Bonchev–Trinajstić information content (AvgIpc) is 2.98. The van der Waals surface area contributed by atoms with E-state index in [-0.39, 0.29) is 17.2 Å². The molecule has 0 aliphatic carbocycles. The highest BCUT2D eigenvalue weighted by Gasteiger charge is 2.39. The molecule has 3 N–H and O–H groups in total. The summed E-state index contributed by atoms with van der Waals surface area (Å²) in [5, 5.41) is 2.76. The Morgan fingerprint density at radius 3 is 2.57 bits per heavy atom. The van der Waals surface area contributed by atoms with E-state index in [1.165, 1.54) is 0 Å². The van der Waals surface area contributed by atoms with Crippen LogP contribution >= 0.6 is 0 Å². The molecule has 2 amide bonds. The van der Waals surface area contributed by atoms with Crippen molar-refractivity contribution in [1.82, 2.24) is 10.2 Å². The van der Waals surface area contributed by atoms with E-state index in [0.717, 1.165) is 25.5 Å². The maximum atomic E-state index is 12.6. The molecule has 3 atom stereocenters. The third-order valence-electron chi connectivity index (χ3n) is 4.40. The molecule has 6 heteroatoms. The van der Waals surface area contributed by atoms with Crippen LogP contribution in [-0.4, -0.2) is 47.7 Å². The lowest BCUT2D eigenvalue weighted by molar-refractivity contribution is -0.141. The number of nitrogens with one attached hydrogen (secondary N) is 1. The third-order valence-corrected chi connectivity index (χ3v) is 4.40. The summed E-state index contributed by atoms with van der Waals surface area (Å²) < 4.78 is 0. The number of likely N-dealkylation sites (tertiary alicyclic amines) is 1. The van der Waals surface area contributed by atoms with Crippen LogP contribution in [0.5, 0.6) is 0 Å². The number of hydrogen-bond donors (Lipinski definition) is 2. The average molecular weight is 325 g/mol. The second-order valence-electron chi connectivity index (χ2n) is 7.43. The van der Waals surface area contributed by atoms with E-state index >= 15 is 0 Å². The summed E-state index contributed by atoms with van der Waals surface area (Å²) in [5.41, 5.74) is 5.70. The summed E-state index contributed by atoms with van der Waals surface area (Å²) in [6.07, 6.45) is 4.65. The first-order chi connectivity index (χ1) is 10.7. The van der Waals surface area contributed by atoms with Crippen LogP contribution in [0.2, 0.25) is 0 Å². The first-order valence-corrected chi connectivity index (χ1v) is 8.54. The molecule has 0 aromatic carbocycles. The summed E-state index contributed by atoms with van der Waals surface area (Å²) in [6, 6.07) is -1.63. The molecule has 1 heterocycles. The van der Waals surface area contributed by atoms with Crippen molar-refractivity contribution >= 4 is 18.1 Å². The van der Waals surface area contributed by atoms with Crippen LogP contribution in [0, 0.1) is 5.41 Å². The Bertz CT molecular complexity index is 431. The number of carbonyl (C=O) groups excluding carboxylic acids is 3. The van der Waals surface area contributed by atoms with Crippen molar-refractivity contribution in [3.8, 4) is 0 Å². The largest absolute Gasteiger partial charge is 0.345 e. The van der Waals surface area contributed by atoms with Crippen LogP contribution in [0.25, 0.3) is 0 Å². The molecule has 1 saturated heterocycles. The van der Waals surface area contributed by atoms with Gasteiger partial charge >= 0.3 is 0 Å². The minimum absolute atomic E-state index is 0.189. The smallest absolute Gasteiger partial charge is 0.243 e. The van der Waals surface area contributed by atoms with Gasteiger partial charge in [0.25, 0.3) is 0 Å². The number of amides is 2. The topological polar surface area (TPSA) is 92.5 Å². The lowest BCUT2D eigenvalue weighted by Gasteiger charge is -2.32. The molecule has 0 spiro atoms. The van der Waals surface area contributed by atoms with Gasteiger partial charge in [0.1, 0.15) is 12.3 Å². The Morgan fingerprint density at radius 1 is 1.39 bits per heavy atom. The van der Waals surface area contributed by atoms with Gasteiger partial charge in [-0.25, -0.2) is 0 Å². The first kappa shape index (κ1) is 19.6. The van der Waals surface area contributed by atoms with Crippen LogP contribution in [0.1, 0.15) is 59.8 Å². The Morgan fingerprint density at radius 2 is 2.04 bits per heavy atom. The summed E-state index contributed by atoms with van der Waals surface area (Å²) in [7, 11) is 0. The van der Waals surface area contributed by atoms with Crippen LogP contribution < -0.4 is 11.1 Å². The minimum Gasteiger partial charge on any atom is -0.345 e. The first-order valence-electron chi connectivity index (χ1n) is 8.54. The van der Waals surface area contributed by atoms with Crippen molar-refractivity contribution in [2.24, 2.45) is 11.1 Å². The van der Waals surface area contributed by atoms with Gasteiger partial charge in [-0.15, -0.1) is 0 Å². The zero-order valence-electron chi connectivity index (χ0n) is 14.8. The minimum atomic E-state index is -0.641. The van der Waals surface area contributed by atoms with Crippen molar-refractivity contribution < 1.29 is 14.4 Å². The summed E-state index contributed by atoms with van der Waals surface area (Å²) in [6.45, 7) is 8.31. The number of nitrogens with two attached hydrogens (primary N) is 1. The molecule has 1 aliphatic rings. The third kappa shape index (κ3) is 5.30. The van der Waals surface area contributed by atoms with Gasteiger partial charge in [0, 0.05) is 6.54 Å². The quantitative estimate of drug-likeness (QED) is 0.689. The molecule has 0 aromatic heterocycles. The van der Waals surface area contributed by atoms with E-state index in [1.807, 2.05) is 27.7 Å². The van der Waals surface area contributed by atoms with Crippen molar-refractivity contribution in [1.29, 1.82) is 0 Å². The number of unbranched alkanes of at least 4 members (excludes halogenated alkanes) is 1. The Balaban J connectivity index is 2.72. The molecule has 1 unspecified atom stereocenters. The van der Waals surface area contributed by atoms with E-state index < -0.39 is 18.1 Å². The highest BCUT2D eigenvalue weighted by molar-refractivity contribution is 5.91. The number of aldehydes is 1. The lowest BCUT2D eigenvalue weighted by Crippen LogP contribution is -2.55. The molecule has 6 nitrogen and oxygen atoms in total. The van der Waals surface area contributed by atoms with Gasteiger partial charge in [0.05, 0.1) is 12.1 Å². The SMILES string of the molecule is CCCCC(C=O)NC(=O)[C@@H]1CCCN1C(=O)[C@@H](N)C(C)(C)C. The summed E-state index contributed by atoms with van der Waals surface area (Å²) in [5.74, 6) is -0.434. The molecular formula is C17H31N3O3. The fourth-order valence-corrected chi connectivity index (χ4v) is 2.73. The molecule has 1 rings (SSSR count). The van der Waals surface area contributed by atoms with E-state index in [1.54, 1.807) is 4.90 Å². The normalized spacial score (nSPS) is 20.9. The van der Waals surface area contributed by atoms with Crippen molar-refractivity contribution in [2.75, 3.05) is 6.54 Å². The zero-order valence-corrected chi connectivity index (χ0v) is 14.8. The fourth-order valence-electron chi connectivity index (χ4n) is 2.73. The van der Waals surface area contributed by atoms with Gasteiger partial charge in [-0.2, -0.15) is 0 Å². The summed E-state index contributed by atoms with van der Waals surface area (Å²) >= 11 is 0. The van der Waals surface area contributed by atoms with E-state index in [9.17, 15) is 14.4 Å². The Hall–Kier alpha value is -1.43. The molecule has 0 aromatic rings. The highest BCUT2D eigenvalue weighted by Crippen LogP contribution is 2.24. The fraction of sp³-hybridized carbons (Fsp3) is 0.824. The highest BCUT2D eigenvalue weighted by atomic mass is 16.2.